The average Bonchev–Trinajstić information content (AvgIpc) is 3.15. The van der Waals surface area contributed by atoms with E-state index in [2.05, 4.69) is 20.4 Å². The van der Waals surface area contributed by atoms with E-state index in [4.69, 9.17) is 5.11 Å². The maximum atomic E-state index is 11.8. The number of carboxylic acid groups (broad SMARTS) is 1. The minimum Gasteiger partial charge on any atom is -0.478 e. The largest absolute Gasteiger partial charge is 0.478 e. The Morgan fingerprint density at radius 3 is 2.73 bits per heavy atom. The predicted molar refractivity (Wildman–Crippen MR) is 82.3 cm³/mol. The third kappa shape index (κ3) is 2.72. The number of thiophene rings is 1. The summed E-state index contributed by atoms with van der Waals surface area (Å²) >= 11 is 1.46. The van der Waals surface area contributed by atoms with Gasteiger partial charge in [0, 0.05) is 0 Å². The summed E-state index contributed by atoms with van der Waals surface area (Å²) in [5.74, 6) is -1.05. The lowest BCUT2D eigenvalue weighted by Crippen LogP contribution is -1.96. The van der Waals surface area contributed by atoms with Crippen molar-refractivity contribution in [3.63, 3.8) is 0 Å². The van der Waals surface area contributed by atoms with Crippen molar-refractivity contribution in [1.82, 2.24) is 10.2 Å². The fraction of sp³-hybridized carbons (Fsp3) is 0. The Labute approximate surface area is 128 Å². The number of carboxylic acids is 1. The summed E-state index contributed by atoms with van der Waals surface area (Å²) in [6.07, 6.45) is 0. The minimum atomic E-state index is -1.05. The number of H-pyrrole nitrogens is 2. The fourth-order valence-corrected chi connectivity index (χ4v) is 2.58. The van der Waals surface area contributed by atoms with Crippen molar-refractivity contribution in [1.29, 1.82) is 0 Å². The molecule has 3 aromatic rings. The van der Waals surface area contributed by atoms with Crippen molar-refractivity contribution in [3.8, 4) is 10.6 Å². The average molecular weight is 314 g/mol. The molecule has 3 N–H and O–H groups in total. The first-order valence-corrected chi connectivity index (χ1v) is 7.13. The molecule has 0 amide bonds. The molecule has 0 radical (unpaired) electrons. The summed E-state index contributed by atoms with van der Waals surface area (Å²) in [6.45, 7) is 0. The smallest absolute Gasteiger partial charge is 0.335 e. The molecule has 2 heterocycles. The van der Waals surface area contributed by atoms with Gasteiger partial charge in [-0.1, -0.05) is 12.1 Å². The second-order valence-electron chi connectivity index (χ2n) is 4.34. The quantitative estimate of drug-likeness (QED) is 0.640. The first-order chi connectivity index (χ1) is 10.6. The van der Waals surface area contributed by atoms with Crippen molar-refractivity contribution in [2.45, 2.75) is 0 Å². The van der Waals surface area contributed by atoms with Crippen molar-refractivity contribution >= 4 is 28.7 Å². The summed E-state index contributed by atoms with van der Waals surface area (Å²) in [5.41, 5.74) is 0.790. The van der Waals surface area contributed by atoms with Crippen molar-refractivity contribution < 1.29 is 9.90 Å². The number of nitrogens with one attached hydrogen (secondary N) is 2. The van der Waals surface area contributed by atoms with Crippen LogP contribution in [0, 0.1) is 0 Å². The van der Waals surface area contributed by atoms with E-state index in [1.165, 1.54) is 23.5 Å². The topological polar surface area (TPSA) is 111 Å². The van der Waals surface area contributed by atoms with Crippen LogP contribution in [0.4, 0.5) is 11.4 Å². The van der Waals surface area contributed by atoms with Gasteiger partial charge in [-0.25, -0.2) is 4.79 Å². The SMILES string of the molecule is O=C(O)c1cccc(N=Nc2c(-c3cccs3)[nH][nH]c2=O)c1. The van der Waals surface area contributed by atoms with Crippen LogP contribution >= 0.6 is 11.3 Å². The van der Waals surface area contributed by atoms with E-state index in [0.29, 0.717) is 11.4 Å². The molecule has 22 heavy (non-hydrogen) atoms. The minimum absolute atomic E-state index is 0.109. The number of aromatic carboxylic acids is 1. The molecule has 1 aromatic carbocycles. The molecule has 8 heteroatoms. The lowest BCUT2D eigenvalue weighted by atomic mass is 10.2. The first-order valence-electron chi connectivity index (χ1n) is 6.25. The van der Waals surface area contributed by atoms with E-state index < -0.39 is 5.97 Å². The molecule has 7 nitrogen and oxygen atoms in total. The van der Waals surface area contributed by atoms with E-state index >= 15 is 0 Å². The first kappa shape index (κ1) is 14.0. The lowest BCUT2D eigenvalue weighted by molar-refractivity contribution is 0.0697. The predicted octanol–water partition coefficient (Wildman–Crippen LogP) is 3.55. The van der Waals surface area contributed by atoms with Gasteiger partial charge >= 0.3 is 5.97 Å². The van der Waals surface area contributed by atoms with Crippen molar-refractivity contribution in [3.05, 3.63) is 57.7 Å². The Kier molecular flexibility index (Phi) is 3.67. The molecular weight excluding hydrogens is 304 g/mol. The van der Waals surface area contributed by atoms with Gasteiger partial charge in [-0.2, -0.15) is 5.11 Å². The number of nitrogens with zero attached hydrogens (tertiary/aromatic N) is 2. The normalized spacial score (nSPS) is 11.1. The van der Waals surface area contributed by atoms with Crippen LogP contribution in [0.2, 0.25) is 0 Å². The zero-order valence-corrected chi connectivity index (χ0v) is 11.9. The number of hydrogen-bond acceptors (Lipinski definition) is 5. The highest BCUT2D eigenvalue weighted by Crippen LogP contribution is 2.29. The Morgan fingerprint density at radius 1 is 1.14 bits per heavy atom. The van der Waals surface area contributed by atoms with Crippen molar-refractivity contribution in [2.24, 2.45) is 10.2 Å². The third-order valence-electron chi connectivity index (χ3n) is 2.88. The zero-order chi connectivity index (χ0) is 15.5. The maximum absolute atomic E-state index is 11.8. The van der Waals surface area contributed by atoms with Crippen LogP contribution < -0.4 is 5.56 Å². The molecule has 0 saturated heterocycles. The van der Waals surface area contributed by atoms with Gasteiger partial charge in [0.15, 0.2) is 5.69 Å². The highest BCUT2D eigenvalue weighted by Gasteiger charge is 2.12. The number of rotatable bonds is 4. The zero-order valence-electron chi connectivity index (χ0n) is 11.1. The van der Waals surface area contributed by atoms with Crippen LogP contribution in [-0.4, -0.2) is 21.3 Å². The van der Waals surface area contributed by atoms with E-state index in [1.807, 2.05) is 17.5 Å². The molecule has 110 valence electrons. The van der Waals surface area contributed by atoms with Crippen LogP contribution in [0.5, 0.6) is 0 Å². The van der Waals surface area contributed by atoms with Gasteiger partial charge in [0.05, 0.1) is 16.1 Å². The van der Waals surface area contributed by atoms with Gasteiger partial charge in [-0.3, -0.25) is 15.0 Å². The number of azo groups is 1. The molecule has 0 bridgehead atoms. The van der Waals surface area contributed by atoms with Gasteiger partial charge in [0.2, 0.25) is 0 Å². The third-order valence-corrected chi connectivity index (χ3v) is 3.77. The van der Waals surface area contributed by atoms with Crippen molar-refractivity contribution in [2.75, 3.05) is 0 Å². The second kappa shape index (κ2) is 5.78. The van der Waals surface area contributed by atoms with Crippen LogP contribution in [0.1, 0.15) is 10.4 Å². The number of benzene rings is 1. The molecular formula is C14H10N4O3S. The molecule has 3 rings (SSSR count). The van der Waals surface area contributed by atoms with Gasteiger partial charge in [0.1, 0.15) is 5.69 Å². The standard InChI is InChI=1S/C14H10N4O3S/c19-13-12(11(16-18-13)10-5-2-6-22-10)17-15-9-4-1-3-8(7-9)14(20)21/h1-7H,(H,20,21)(H2,16,18,19). The Hall–Kier alpha value is -3.00. The molecule has 2 aromatic heterocycles. The highest BCUT2D eigenvalue weighted by molar-refractivity contribution is 7.13. The summed E-state index contributed by atoms with van der Waals surface area (Å²) in [7, 11) is 0. The number of aromatic nitrogens is 2. The summed E-state index contributed by atoms with van der Waals surface area (Å²) < 4.78 is 0. The van der Waals surface area contributed by atoms with Crippen LogP contribution in [-0.2, 0) is 0 Å². The number of hydrogen-bond donors (Lipinski definition) is 3. The van der Waals surface area contributed by atoms with Crippen LogP contribution in [0.15, 0.2) is 56.8 Å². The maximum Gasteiger partial charge on any atom is 0.335 e. The second-order valence-corrected chi connectivity index (χ2v) is 5.28. The Morgan fingerprint density at radius 2 is 2.00 bits per heavy atom. The van der Waals surface area contributed by atoms with Gasteiger partial charge in [-0.15, -0.1) is 16.5 Å². The van der Waals surface area contributed by atoms with Crippen LogP contribution in [0.3, 0.4) is 0 Å². The van der Waals surface area contributed by atoms with E-state index in [9.17, 15) is 9.59 Å². The molecule has 0 unspecified atom stereocenters. The van der Waals surface area contributed by atoms with Gasteiger partial charge in [0.25, 0.3) is 5.56 Å². The molecule has 0 aliphatic heterocycles. The monoisotopic (exact) mass is 314 g/mol. The number of carbonyl (C=O) groups is 1. The molecule has 0 spiro atoms. The molecule has 0 aliphatic rings. The van der Waals surface area contributed by atoms with Crippen LogP contribution in [0.25, 0.3) is 10.6 Å². The Bertz CT molecular complexity index is 893. The van der Waals surface area contributed by atoms with Gasteiger partial charge in [-0.05, 0) is 29.6 Å². The van der Waals surface area contributed by atoms with E-state index in [0.717, 1.165) is 4.88 Å². The molecule has 0 atom stereocenters. The van der Waals surface area contributed by atoms with Gasteiger partial charge < -0.3 is 5.11 Å². The number of aromatic amines is 2. The summed E-state index contributed by atoms with van der Waals surface area (Å²) in [6, 6.07) is 9.75. The highest BCUT2D eigenvalue weighted by atomic mass is 32.1. The molecule has 0 fully saturated rings. The molecule has 0 aliphatic carbocycles. The molecule has 0 saturated carbocycles. The lowest BCUT2D eigenvalue weighted by Gasteiger charge is -1.96. The Balaban J connectivity index is 1.97. The summed E-state index contributed by atoms with van der Waals surface area (Å²) in [5, 5.41) is 24.0. The fourth-order valence-electron chi connectivity index (χ4n) is 1.85. The van der Waals surface area contributed by atoms with E-state index in [-0.39, 0.29) is 16.8 Å². The van der Waals surface area contributed by atoms with E-state index in [1.54, 1.807) is 12.1 Å². The summed E-state index contributed by atoms with van der Waals surface area (Å²) in [4.78, 5) is 23.6.